The molecule has 0 aromatic heterocycles. The van der Waals surface area contributed by atoms with Crippen LogP contribution < -0.4 is 31.9 Å². The van der Waals surface area contributed by atoms with Crippen molar-refractivity contribution in [3.8, 4) is 0 Å². The van der Waals surface area contributed by atoms with Crippen LogP contribution in [0.5, 0.6) is 0 Å². The number of nitrogens with zero attached hydrogens (tertiary/aromatic N) is 3. The fourth-order valence-corrected chi connectivity index (χ4v) is 5.89. The van der Waals surface area contributed by atoms with Crippen molar-refractivity contribution in [1.29, 1.82) is 0 Å². The second-order valence-electron chi connectivity index (χ2n) is 16.9. The number of phosphoric acid groups is 1. The zero-order valence-corrected chi connectivity index (χ0v) is 37.9. The average molecular weight is 849 g/mol. The Bertz CT molecular complexity index is 1730. The molecule has 59 heavy (non-hydrogen) atoms. The van der Waals surface area contributed by atoms with Crippen LogP contribution >= 0.6 is 7.82 Å². The van der Waals surface area contributed by atoms with Crippen LogP contribution in [0.1, 0.15) is 64.5 Å². The molecule has 0 saturated heterocycles. The number of carbonyl (C=O) groups excluding carboxylic acids is 3. The van der Waals surface area contributed by atoms with Crippen molar-refractivity contribution >= 4 is 42.2 Å². The fourth-order valence-electron chi connectivity index (χ4n) is 5.89. The van der Waals surface area contributed by atoms with Crippen LogP contribution in [-0.4, -0.2) is 147 Å². The number of ketones is 3. The first-order chi connectivity index (χ1) is 26.8. The standard InChI is InChI=1S/3C14H22N2O2.H3O4P/c3*1-10-8-13(15)11(2)7-12(10)14(18)9-16(3,4)5-6-17;1-5(2,3)4/h3*7-8,17H,5-6,9H2,1-4H3,(H-,15,18);(H3,1,2,3,4). The van der Waals surface area contributed by atoms with E-state index in [9.17, 15) is 14.4 Å². The normalized spacial score (nSPS) is 11.6. The molecule has 3 aromatic carbocycles. The van der Waals surface area contributed by atoms with Crippen LogP contribution in [0, 0.1) is 41.5 Å². The molecule has 0 aliphatic carbocycles. The van der Waals surface area contributed by atoms with Crippen molar-refractivity contribution in [2.75, 3.05) is 119 Å². The Balaban J connectivity index is 0.000000807. The molecular formula is C42H69N6O10P. The number of benzene rings is 3. The summed E-state index contributed by atoms with van der Waals surface area (Å²) in [5.41, 5.74) is 27.3. The van der Waals surface area contributed by atoms with Gasteiger partial charge < -0.3 is 65.2 Å². The molecule has 0 bridgehead atoms. The lowest BCUT2D eigenvalue weighted by Crippen LogP contribution is -2.45. The molecule has 0 aliphatic heterocycles. The number of hydrogen-bond donors (Lipinski definition) is 6. The summed E-state index contributed by atoms with van der Waals surface area (Å²) in [5, 5.41) is 26.9. The quantitative estimate of drug-likeness (QED) is 0.0530. The Hall–Kier alpha value is -4.06. The number of rotatable bonds is 15. The summed E-state index contributed by atoms with van der Waals surface area (Å²) in [6.45, 7) is 14.5. The molecule has 0 atom stereocenters. The van der Waals surface area contributed by atoms with Gasteiger partial charge in [0.05, 0.1) is 62.1 Å². The first kappa shape index (κ1) is 54.9. The van der Waals surface area contributed by atoms with Gasteiger partial charge in [-0.25, -0.2) is 0 Å². The highest BCUT2D eigenvalue weighted by Gasteiger charge is 2.24. The number of nitrogens with two attached hydrogens (primary N) is 3. The van der Waals surface area contributed by atoms with Crippen LogP contribution in [0.4, 0.5) is 17.1 Å². The smallest absolute Gasteiger partial charge is 0.217 e. The Morgan fingerprint density at radius 1 is 0.475 bits per heavy atom. The maximum atomic E-state index is 12.3. The van der Waals surface area contributed by atoms with Crippen molar-refractivity contribution in [1.82, 2.24) is 0 Å². The maximum absolute atomic E-state index is 12.3. The summed E-state index contributed by atoms with van der Waals surface area (Å²) in [5.74, 6) is 0.275. The molecule has 17 heteroatoms. The monoisotopic (exact) mass is 848 g/mol. The van der Waals surface area contributed by atoms with Crippen LogP contribution in [0.15, 0.2) is 36.4 Å². The van der Waals surface area contributed by atoms with Gasteiger partial charge in [-0.05, 0) is 111 Å². The molecule has 0 amide bonds. The number of aliphatic hydroxyl groups excluding tert-OH is 3. The minimum atomic E-state index is -5.39. The van der Waals surface area contributed by atoms with Crippen molar-refractivity contribution in [3.63, 3.8) is 0 Å². The first-order valence-corrected chi connectivity index (χ1v) is 20.5. The van der Waals surface area contributed by atoms with Gasteiger partial charge in [0.25, 0.3) is 0 Å². The minimum absolute atomic E-state index is 0.0834. The number of carbonyl (C=O) groups is 3. The lowest BCUT2D eigenvalue weighted by atomic mass is 10.00. The van der Waals surface area contributed by atoms with E-state index < -0.39 is 7.82 Å². The van der Waals surface area contributed by atoms with Gasteiger partial charge in [0.2, 0.25) is 17.3 Å². The van der Waals surface area contributed by atoms with E-state index in [4.69, 9.17) is 51.8 Å². The van der Waals surface area contributed by atoms with Crippen molar-refractivity contribution in [2.24, 2.45) is 0 Å². The lowest BCUT2D eigenvalue weighted by Gasteiger charge is -2.36. The number of aliphatic hydroxyl groups is 3. The highest BCUT2D eigenvalue weighted by Crippen LogP contribution is 2.21. The van der Waals surface area contributed by atoms with Crippen molar-refractivity contribution in [2.45, 2.75) is 41.5 Å². The van der Waals surface area contributed by atoms with E-state index >= 15 is 0 Å². The molecule has 0 spiro atoms. The third-order valence-electron chi connectivity index (χ3n) is 9.57. The third-order valence-corrected chi connectivity index (χ3v) is 9.57. The molecule has 0 saturated carbocycles. The molecule has 0 heterocycles. The Morgan fingerprint density at radius 3 is 0.831 bits per heavy atom. The van der Waals surface area contributed by atoms with Crippen LogP contribution in [0.3, 0.4) is 0 Å². The minimum Gasteiger partial charge on any atom is -0.822 e. The summed E-state index contributed by atoms with van der Waals surface area (Å²) in [4.78, 5) is 62.5. The molecule has 3 aromatic rings. The molecule has 332 valence electrons. The van der Waals surface area contributed by atoms with E-state index in [0.29, 0.717) is 69.8 Å². The van der Waals surface area contributed by atoms with E-state index in [1.165, 1.54) is 0 Å². The number of nitrogen functional groups attached to an aromatic ring is 3. The van der Waals surface area contributed by atoms with Crippen molar-refractivity contribution in [3.05, 3.63) is 86.5 Å². The summed E-state index contributed by atoms with van der Waals surface area (Å²) in [7, 11) is 6.24. The largest absolute Gasteiger partial charge is 0.822 e. The number of quaternary nitrogens is 3. The van der Waals surface area contributed by atoms with Gasteiger partial charge in [0, 0.05) is 33.8 Å². The van der Waals surface area contributed by atoms with E-state index in [2.05, 4.69) is 0 Å². The topological polar surface area (TPSA) is 276 Å². The van der Waals surface area contributed by atoms with Crippen LogP contribution in [0.25, 0.3) is 0 Å². The molecular weight excluding hydrogens is 779 g/mol. The van der Waals surface area contributed by atoms with Gasteiger partial charge in [-0.15, -0.1) is 0 Å². The predicted octanol–water partition coefficient (Wildman–Crippen LogP) is 0.587. The van der Waals surface area contributed by atoms with Crippen LogP contribution in [0.2, 0.25) is 0 Å². The predicted molar refractivity (Wildman–Crippen MR) is 228 cm³/mol. The maximum Gasteiger partial charge on any atom is 0.217 e. The molecule has 0 aliphatic rings. The number of hydrogen-bond acceptors (Lipinski definition) is 13. The Kier molecular flexibility index (Phi) is 22.0. The molecule has 9 N–H and O–H groups in total. The molecule has 3 rings (SSSR count). The second-order valence-corrected chi connectivity index (χ2v) is 17.8. The first-order valence-electron chi connectivity index (χ1n) is 19.0. The highest BCUT2D eigenvalue weighted by molar-refractivity contribution is 7.40. The van der Waals surface area contributed by atoms with Crippen molar-refractivity contribution < 1.29 is 62.4 Å². The van der Waals surface area contributed by atoms with Crippen LogP contribution in [-0.2, 0) is 4.57 Å². The zero-order valence-electron chi connectivity index (χ0n) is 37.0. The highest BCUT2D eigenvalue weighted by atomic mass is 31.2. The van der Waals surface area contributed by atoms with Gasteiger partial charge >= 0.3 is 0 Å². The fraction of sp³-hybridized carbons (Fsp3) is 0.500. The summed E-state index contributed by atoms with van der Waals surface area (Å²) in [6.07, 6.45) is 0. The Labute approximate surface area is 350 Å². The number of aryl methyl sites for hydroxylation is 6. The second kappa shape index (κ2) is 23.7. The number of anilines is 3. The number of Topliss-reactive ketones (excluding diaryl/α,β-unsaturated/α-hetero) is 3. The summed E-state index contributed by atoms with van der Waals surface area (Å²) >= 11 is 0. The van der Waals surface area contributed by atoms with Gasteiger partial charge in [0.15, 0.2) is 0 Å². The van der Waals surface area contributed by atoms with Gasteiger partial charge in [-0.2, -0.15) is 7.82 Å². The third kappa shape index (κ3) is 21.2. The van der Waals surface area contributed by atoms with E-state index in [1.54, 1.807) is 0 Å². The molecule has 0 radical (unpaired) electrons. The molecule has 16 nitrogen and oxygen atoms in total. The van der Waals surface area contributed by atoms with Gasteiger partial charge in [0.1, 0.15) is 39.3 Å². The number of likely N-dealkylation sites (N-methyl/N-ethyl adjacent to an activating group) is 3. The van der Waals surface area contributed by atoms with E-state index in [1.807, 2.05) is 120 Å². The SMILES string of the molecule is Cc1cc(C(=O)C[N+](C)(C)CCO)c(C)cc1N.Cc1cc(C(=O)C[N+](C)(C)CCO)c(C)cc1N.Cc1cc(C(=O)C[N+](C)(C)CCO)c(C)cc1N.O=P([O-])([O-])[O-]. The molecule has 0 unspecified atom stereocenters. The molecule has 0 fully saturated rings. The average Bonchev–Trinajstić information content (AvgIpc) is 3.05. The van der Waals surface area contributed by atoms with E-state index in [0.717, 1.165) is 50.1 Å². The summed E-state index contributed by atoms with van der Waals surface area (Å²) in [6, 6.07) is 11.1. The lowest BCUT2D eigenvalue weighted by molar-refractivity contribution is -0.882. The van der Waals surface area contributed by atoms with E-state index in [-0.39, 0.29) is 37.2 Å². The summed E-state index contributed by atoms with van der Waals surface area (Å²) < 4.78 is 10.0. The zero-order chi connectivity index (χ0) is 46.3. The Morgan fingerprint density at radius 2 is 0.661 bits per heavy atom. The van der Waals surface area contributed by atoms with Gasteiger partial charge in [-0.3, -0.25) is 14.4 Å². The van der Waals surface area contributed by atoms with Gasteiger partial charge in [-0.1, -0.05) is 0 Å².